The summed E-state index contributed by atoms with van der Waals surface area (Å²) in [6.45, 7) is 0.251. The van der Waals surface area contributed by atoms with Gasteiger partial charge in [0.05, 0.1) is 30.6 Å². The monoisotopic (exact) mass is 749 g/mol. The van der Waals surface area contributed by atoms with Gasteiger partial charge in [-0.1, -0.05) is 91.0 Å². The molecule has 1 amide bonds. The fourth-order valence-corrected chi connectivity index (χ4v) is 7.20. The van der Waals surface area contributed by atoms with E-state index in [-0.39, 0.29) is 43.0 Å². The van der Waals surface area contributed by atoms with Crippen molar-refractivity contribution in [2.45, 2.75) is 50.2 Å². The van der Waals surface area contributed by atoms with Gasteiger partial charge in [-0.05, 0) is 53.3 Å². The van der Waals surface area contributed by atoms with Crippen molar-refractivity contribution in [1.29, 1.82) is 0 Å². The lowest BCUT2D eigenvalue weighted by atomic mass is 9.82. The van der Waals surface area contributed by atoms with E-state index in [1.54, 1.807) is 0 Å². The van der Waals surface area contributed by atoms with Gasteiger partial charge in [-0.2, -0.15) is 26.7 Å². The van der Waals surface area contributed by atoms with Gasteiger partial charge in [-0.15, -0.1) is 0 Å². The highest BCUT2D eigenvalue weighted by molar-refractivity contribution is 7.86. The molecule has 1 fully saturated rings. The summed E-state index contributed by atoms with van der Waals surface area (Å²) in [6, 6.07) is 26.4. The Kier molecular flexibility index (Phi) is 11.1. The lowest BCUT2D eigenvalue weighted by Crippen LogP contribution is -2.48. The first-order chi connectivity index (χ1) is 25.3. The molecule has 9 nitrogen and oxygen atoms in total. The van der Waals surface area contributed by atoms with Crippen LogP contribution in [0.5, 0.6) is 5.75 Å². The van der Waals surface area contributed by atoms with E-state index in [9.17, 15) is 35.6 Å². The zero-order valence-corrected chi connectivity index (χ0v) is 29.3. The average Bonchev–Trinajstić information content (AvgIpc) is 3.62. The lowest BCUT2D eigenvalue weighted by Gasteiger charge is -2.36. The number of amides is 1. The van der Waals surface area contributed by atoms with Crippen molar-refractivity contribution in [2.24, 2.45) is 0 Å². The van der Waals surface area contributed by atoms with Gasteiger partial charge in [-0.3, -0.25) is 18.5 Å². The number of ether oxygens (including phenoxy) is 1. The van der Waals surface area contributed by atoms with Gasteiger partial charge in [0.25, 0.3) is 21.5 Å². The summed E-state index contributed by atoms with van der Waals surface area (Å²) in [6.07, 6.45) is -3.50. The first-order valence-corrected chi connectivity index (χ1v) is 18.5. The third kappa shape index (κ3) is 9.18. The predicted molar refractivity (Wildman–Crippen MR) is 188 cm³/mol. The van der Waals surface area contributed by atoms with E-state index in [4.69, 9.17) is 8.92 Å². The van der Waals surface area contributed by atoms with Gasteiger partial charge in [-0.25, -0.2) is 4.39 Å². The summed E-state index contributed by atoms with van der Waals surface area (Å²) < 4.78 is 94.6. The minimum Gasteiger partial charge on any atom is -0.483 e. The molecule has 0 radical (unpaired) electrons. The molecule has 0 N–H and O–H groups in total. The summed E-state index contributed by atoms with van der Waals surface area (Å²) >= 11 is 0. The van der Waals surface area contributed by atoms with E-state index in [0.717, 1.165) is 41.6 Å². The van der Waals surface area contributed by atoms with E-state index >= 15 is 0 Å². The minimum atomic E-state index is -4.73. The second kappa shape index (κ2) is 15.7. The molecule has 53 heavy (non-hydrogen) atoms. The SMILES string of the molecule is CS(=O)(=O)OC(C(c1ccc(F)cc1)c1cccc(C(F)(F)F)c1)[C@H]1CCCN1C(=O)c1nn(Cc2ccccc2)cc(OCc2ccccc2)c1=O. The molecule has 1 saturated heterocycles. The summed E-state index contributed by atoms with van der Waals surface area (Å²) in [5, 5.41) is 4.41. The van der Waals surface area contributed by atoms with Crippen LogP contribution in [0, 0.1) is 5.82 Å². The van der Waals surface area contributed by atoms with E-state index < -0.39 is 62.8 Å². The van der Waals surface area contributed by atoms with Gasteiger partial charge in [0.1, 0.15) is 18.5 Å². The summed E-state index contributed by atoms with van der Waals surface area (Å²) in [5.41, 5.74) is -0.413. The normalized spacial score (nSPS) is 15.9. The standard InChI is InChI=1S/C39H35F4N3O6S/c1-53(49,50)52-37(34(28-17-19-31(40)20-18-28)29-14-8-15-30(22-29)39(41,42)43)32-16-9-21-46(32)38(48)35-36(47)33(51-25-27-12-6-3-7-13-27)24-45(44-35)23-26-10-4-2-5-11-26/h2-8,10-15,17-20,22,24,32,34,37H,9,16,21,23,25H2,1H3/t32-,34?,37?/m1/s1. The average molecular weight is 750 g/mol. The number of benzene rings is 4. The minimum absolute atomic E-state index is 0.0199. The van der Waals surface area contributed by atoms with Gasteiger partial charge < -0.3 is 9.64 Å². The lowest BCUT2D eigenvalue weighted by molar-refractivity contribution is -0.137. The van der Waals surface area contributed by atoms with Crippen LogP contribution in [-0.4, -0.2) is 54.0 Å². The largest absolute Gasteiger partial charge is 0.483 e. The Morgan fingerprint density at radius 3 is 2.21 bits per heavy atom. The first kappa shape index (κ1) is 37.4. The Bertz CT molecular complexity index is 2220. The zero-order chi connectivity index (χ0) is 37.8. The Labute approximate surface area is 303 Å². The summed E-state index contributed by atoms with van der Waals surface area (Å²) in [4.78, 5) is 29.7. The van der Waals surface area contributed by atoms with Crippen molar-refractivity contribution in [3.05, 3.63) is 165 Å². The number of hydrogen-bond acceptors (Lipinski definition) is 7. The van der Waals surface area contributed by atoms with Crippen molar-refractivity contribution in [3.63, 3.8) is 0 Å². The first-order valence-electron chi connectivity index (χ1n) is 16.7. The van der Waals surface area contributed by atoms with Crippen LogP contribution < -0.4 is 10.2 Å². The highest BCUT2D eigenvalue weighted by Gasteiger charge is 2.44. The van der Waals surface area contributed by atoms with Gasteiger partial charge in [0.15, 0.2) is 11.4 Å². The molecule has 0 saturated carbocycles. The second-order valence-electron chi connectivity index (χ2n) is 12.8. The number of rotatable bonds is 12. The smallest absolute Gasteiger partial charge is 0.416 e. The van der Waals surface area contributed by atoms with Gasteiger partial charge in [0.2, 0.25) is 0 Å². The van der Waals surface area contributed by atoms with Crippen molar-refractivity contribution in [3.8, 4) is 5.75 Å². The van der Waals surface area contributed by atoms with Crippen molar-refractivity contribution < 1.29 is 39.7 Å². The second-order valence-corrected chi connectivity index (χ2v) is 14.4. The number of carbonyl (C=O) groups excluding carboxylic acids is 1. The van der Waals surface area contributed by atoms with Gasteiger partial charge >= 0.3 is 6.18 Å². The third-order valence-electron chi connectivity index (χ3n) is 8.92. The summed E-state index contributed by atoms with van der Waals surface area (Å²) in [7, 11) is -4.31. The fourth-order valence-electron chi connectivity index (χ4n) is 6.56. The van der Waals surface area contributed by atoms with Crippen LogP contribution in [0.15, 0.2) is 120 Å². The van der Waals surface area contributed by atoms with Crippen LogP contribution in [0.3, 0.4) is 0 Å². The maximum absolute atomic E-state index is 14.5. The molecule has 3 atom stereocenters. The number of carbonyl (C=O) groups is 1. The number of alkyl halides is 3. The van der Waals surface area contributed by atoms with Crippen molar-refractivity contribution in [2.75, 3.05) is 12.8 Å². The molecular weight excluding hydrogens is 715 g/mol. The molecule has 2 unspecified atom stereocenters. The highest BCUT2D eigenvalue weighted by atomic mass is 32.2. The summed E-state index contributed by atoms with van der Waals surface area (Å²) in [5.74, 6) is -2.83. The van der Waals surface area contributed by atoms with Crippen LogP contribution in [0.1, 0.15) is 57.1 Å². The molecular formula is C39H35F4N3O6S. The van der Waals surface area contributed by atoms with Crippen LogP contribution in [-0.2, 0) is 33.6 Å². The van der Waals surface area contributed by atoms with E-state index in [2.05, 4.69) is 5.10 Å². The maximum Gasteiger partial charge on any atom is 0.416 e. The van der Waals surface area contributed by atoms with Crippen LogP contribution in [0.25, 0.3) is 0 Å². The molecule has 0 aliphatic carbocycles. The van der Waals surface area contributed by atoms with Crippen LogP contribution in [0.4, 0.5) is 17.6 Å². The molecule has 0 bridgehead atoms. The quantitative estimate of drug-likeness (QED) is 0.102. The molecule has 276 valence electrons. The zero-order valence-electron chi connectivity index (χ0n) is 28.4. The van der Waals surface area contributed by atoms with Crippen molar-refractivity contribution >= 4 is 16.0 Å². The van der Waals surface area contributed by atoms with Crippen molar-refractivity contribution in [1.82, 2.24) is 14.7 Å². The topological polar surface area (TPSA) is 108 Å². The molecule has 5 aromatic rings. The Hall–Kier alpha value is -5.34. The molecule has 4 aromatic carbocycles. The van der Waals surface area contributed by atoms with Gasteiger partial charge in [0, 0.05) is 12.5 Å². The molecule has 2 heterocycles. The number of nitrogens with zero attached hydrogens (tertiary/aromatic N) is 3. The number of hydrogen-bond donors (Lipinski definition) is 0. The Morgan fingerprint density at radius 2 is 1.57 bits per heavy atom. The molecule has 1 aliphatic rings. The third-order valence-corrected chi connectivity index (χ3v) is 9.49. The Balaban J connectivity index is 1.43. The van der Waals surface area contributed by atoms with E-state index in [1.807, 2.05) is 60.7 Å². The van der Waals surface area contributed by atoms with E-state index in [1.165, 1.54) is 40.0 Å². The molecule has 6 rings (SSSR count). The number of aromatic nitrogens is 2. The van der Waals surface area contributed by atoms with E-state index in [0.29, 0.717) is 6.42 Å². The predicted octanol–water partition coefficient (Wildman–Crippen LogP) is 6.81. The molecule has 1 aliphatic heterocycles. The maximum atomic E-state index is 14.5. The highest BCUT2D eigenvalue weighted by Crippen LogP contribution is 2.40. The Morgan fingerprint density at radius 1 is 0.906 bits per heavy atom. The fraction of sp³-hybridized carbons (Fsp3) is 0.256. The van der Waals surface area contributed by atoms with Crippen LogP contribution >= 0.6 is 0 Å². The molecule has 0 spiro atoms. The number of halogens is 4. The molecule has 1 aromatic heterocycles. The number of likely N-dealkylation sites (tertiary alicyclic amines) is 1. The molecule has 14 heteroatoms. The van der Waals surface area contributed by atoms with Crippen LogP contribution in [0.2, 0.25) is 0 Å².